The monoisotopic (exact) mass is 618 g/mol. The van der Waals surface area contributed by atoms with Crippen molar-refractivity contribution >= 4 is 80.5 Å². The summed E-state index contributed by atoms with van der Waals surface area (Å²) in [6.45, 7) is 1.60. The minimum absolute atomic E-state index is 0.0569. The minimum atomic E-state index is -0.370. The molecule has 2 fully saturated rings. The smallest absolute Gasteiger partial charge is 0.266 e. The first-order chi connectivity index (χ1) is 20.3. The lowest BCUT2D eigenvalue weighted by molar-refractivity contribution is -0.126. The van der Waals surface area contributed by atoms with Gasteiger partial charge in [-0.1, -0.05) is 72.6 Å². The number of fused-ring (bicyclic) bond motifs is 2. The molecule has 216 valence electrons. The van der Waals surface area contributed by atoms with E-state index in [1.165, 1.54) is 9.80 Å². The Morgan fingerprint density at radius 1 is 0.738 bits per heavy atom. The summed E-state index contributed by atoms with van der Waals surface area (Å²) in [5.41, 5.74) is 4.46. The fraction of sp³-hybridized carbons (Fsp3) is 0.355. The summed E-state index contributed by atoms with van der Waals surface area (Å²) < 4.78 is 0.324. The molecule has 0 spiro atoms. The van der Waals surface area contributed by atoms with E-state index in [4.69, 9.17) is 24.4 Å². The number of carbonyl (C=O) groups is 4. The second-order valence-electron chi connectivity index (χ2n) is 10.7. The van der Waals surface area contributed by atoms with Gasteiger partial charge in [0.1, 0.15) is 4.32 Å². The van der Waals surface area contributed by atoms with Crippen LogP contribution in [0.3, 0.4) is 0 Å². The SMILES string of the molecule is O=C1/C(=C2\SC(=S)N(CCC(=O)N3CCCc4ccccc43)C2=O)CC(=S)N1CCC(=O)N1CCCc2ccccc21. The topological polar surface area (TPSA) is 81.2 Å². The molecular formula is C31H30N4O4S3. The Bertz CT molecular complexity index is 1440. The van der Waals surface area contributed by atoms with Crippen LogP contribution in [0.2, 0.25) is 0 Å². The van der Waals surface area contributed by atoms with Crippen molar-refractivity contribution in [2.45, 2.75) is 44.9 Å². The molecule has 0 aromatic heterocycles. The van der Waals surface area contributed by atoms with Crippen molar-refractivity contribution in [3.63, 3.8) is 0 Å². The highest BCUT2D eigenvalue weighted by Gasteiger charge is 2.41. The number of hydrogen-bond donors (Lipinski definition) is 0. The van der Waals surface area contributed by atoms with Gasteiger partial charge in [0.2, 0.25) is 11.8 Å². The summed E-state index contributed by atoms with van der Waals surface area (Å²) in [4.78, 5) is 60.2. The van der Waals surface area contributed by atoms with Crippen LogP contribution >= 0.6 is 36.2 Å². The standard InChI is InChI=1S/C31H30N4O4S3/c36-25(32-15-5-9-20-7-1-3-11-23(20)32)13-17-34-27(40)19-22(29(34)38)28-30(39)35(31(41)42-28)18-14-26(37)33-16-6-10-21-8-2-4-12-24(21)33/h1-4,7-8,11-12H,5-6,9-10,13-19H2/b28-22-. The number of rotatable bonds is 6. The van der Waals surface area contributed by atoms with Crippen LogP contribution in [0.1, 0.15) is 43.2 Å². The zero-order valence-corrected chi connectivity index (χ0v) is 25.5. The molecule has 0 N–H and O–H groups in total. The van der Waals surface area contributed by atoms with Crippen LogP contribution in [0.25, 0.3) is 0 Å². The molecular weight excluding hydrogens is 589 g/mol. The zero-order chi connectivity index (χ0) is 29.4. The summed E-state index contributed by atoms with van der Waals surface area (Å²) in [6.07, 6.45) is 4.09. The molecule has 4 aliphatic rings. The van der Waals surface area contributed by atoms with Gasteiger partial charge in [-0.2, -0.15) is 0 Å². The summed E-state index contributed by atoms with van der Waals surface area (Å²) in [7, 11) is 0. The van der Waals surface area contributed by atoms with Crippen LogP contribution in [-0.4, -0.2) is 68.9 Å². The van der Waals surface area contributed by atoms with Gasteiger partial charge in [0.15, 0.2) is 0 Å². The first-order valence-corrected chi connectivity index (χ1v) is 15.8. The molecule has 2 saturated heterocycles. The Labute approximate surface area is 259 Å². The number of likely N-dealkylation sites (tertiary alicyclic amines) is 1. The minimum Gasteiger partial charge on any atom is -0.312 e. The molecule has 4 amide bonds. The third-order valence-electron chi connectivity index (χ3n) is 8.18. The number of nitrogens with zero attached hydrogens (tertiary/aromatic N) is 4. The lowest BCUT2D eigenvalue weighted by Crippen LogP contribution is -2.39. The molecule has 8 nitrogen and oxygen atoms in total. The Morgan fingerprint density at radius 3 is 1.83 bits per heavy atom. The number of hydrogen-bond acceptors (Lipinski definition) is 7. The second-order valence-corrected chi connectivity index (χ2v) is 12.8. The van der Waals surface area contributed by atoms with Gasteiger partial charge in [-0.25, -0.2) is 0 Å². The van der Waals surface area contributed by atoms with Gasteiger partial charge < -0.3 is 14.7 Å². The number of amides is 4. The number of anilines is 2. The normalized spacial score (nSPS) is 20.4. The van der Waals surface area contributed by atoms with Crippen molar-refractivity contribution < 1.29 is 19.2 Å². The van der Waals surface area contributed by atoms with Crippen molar-refractivity contribution in [2.75, 3.05) is 36.0 Å². The van der Waals surface area contributed by atoms with Gasteiger partial charge in [0.25, 0.3) is 11.8 Å². The van der Waals surface area contributed by atoms with Crippen LogP contribution < -0.4 is 9.80 Å². The molecule has 6 rings (SSSR count). The summed E-state index contributed by atoms with van der Waals surface area (Å²) in [5.74, 6) is -0.841. The molecule has 0 atom stereocenters. The number of aryl methyl sites for hydroxylation is 2. The van der Waals surface area contributed by atoms with Gasteiger partial charge in [0.05, 0.1) is 9.89 Å². The molecule has 2 aromatic carbocycles. The zero-order valence-electron chi connectivity index (χ0n) is 23.0. The maximum absolute atomic E-state index is 13.4. The van der Waals surface area contributed by atoms with Gasteiger partial charge in [-0.15, -0.1) is 0 Å². The van der Waals surface area contributed by atoms with E-state index < -0.39 is 0 Å². The summed E-state index contributed by atoms with van der Waals surface area (Å²) in [6, 6.07) is 15.8. The molecule has 11 heteroatoms. The van der Waals surface area contributed by atoms with E-state index >= 15 is 0 Å². The summed E-state index contributed by atoms with van der Waals surface area (Å²) >= 11 is 12.1. The highest BCUT2D eigenvalue weighted by Crippen LogP contribution is 2.38. The van der Waals surface area contributed by atoms with Crippen LogP contribution in [0, 0.1) is 0 Å². The van der Waals surface area contributed by atoms with Gasteiger partial charge in [-0.05, 0) is 48.9 Å². The van der Waals surface area contributed by atoms with E-state index in [0.29, 0.717) is 28.0 Å². The quantitative estimate of drug-likeness (QED) is 0.351. The van der Waals surface area contributed by atoms with E-state index in [9.17, 15) is 19.2 Å². The molecule has 42 heavy (non-hydrogen) atoms. The van der Waals surface area contributed by atoms with Crippen molar-refractivity contribution in [3.05, 3.63) is 70.1 Å². The first kappa shape index (κ1) is 28.7. The molecule has 0 radical (unpaired) electrons. The fourth-order valence-corrected chi connectivity index (χ4v) is 7.73. The van der Waals surface area contributed by atoms with Gasteiger partial charge >= 0.3 is 0 Å². The number of para-hydroxylation sites is 2. The predicted octanol–water partition coefficient (Wildman–Crippen LogP) is 4.40. The molecule has 0 bridgehead atoms. The maximum Gasteiger partial charge on any atom is 0.266 e. The Balaban J connectivity index is 1.09. The lowest BCUT2D eigenvalue weighted by Gasteiger charge is -2.30. The molecule has 0 aliphatic carbocycles. The molecule has 4 heterocycles. The number of benzene rings is 2. The second kappa shape index (κ2) is 12.1. The average Bonchev–Trinajstić information content (AvgIpc) is 3.45. The van der Waals surface area contributed by atoms with E-state index in [2.05, 4.69) is 0 Å². The number of carbonyl (C=O) groups excluding carboxylic acids is 4. The van der Waals surface area contributed by atoms with Crippen LogP contribution in [0.4, 0.5) is 11.4 Å². The number of thioether (sulfide) groups is 1. The van der Waals surface area contributed by atoms with Crippen LogP contribution in [0.15, 0.2) is 59.0 Å². The third-order valence-corrected chi connectivity index (χ3v) is 10.0. The van der Waals surface area contributed by atoms with Gasteiger partial charge in [0, 0.05) is 62.4 Å². The Hall–Kier alpha value is -3.41. The van der Waals surface area contributed by atoms with E-state index in [0.717, 1.165) is 59.9 Å². The predicted molar refractivity (Wildman–Crippen MR) is 171 cm³/mol. The number of thiocarbonyl (C=S) groups is 2. The largest absolute Gasteiger partial charge is 0.312 e. The molecule has 0 unspecified atom stereocenters. The molecule has 4 aliphatic heterocycles. The fourth-order valence-electron chi connectivity index (χ4n) is 6.05. The summed E-state index contributed by atoms with van der Waals surface area (Å²) in [5, 5.41) is 0. The average molecular weight is 619 g/mol. The van der Waals surface area contributed by atoms with Crippen LogP contribution in [-0.2, 0) is 32.0 Å². The van der Waals surface area contributed by atoms with E-state index in [-0.39, 0.29) is 60.9 Å². The lowest BCUT2D eigenvalue weighted by atomic mass is 10.0. The highest BCUT2D eigenvalue weighted by molar-refractivity contribution is 8.26. The van der Waals surface area contributed by atoms with E-state index in [1.54, 1.807) is 9.80 Å². The molecule has 2 aromatic rings. The first-order valence-electron chi connectivity index (χ1n) is 14.2. The van der Waals surface area contributed by atoms with Crippen molar-refractivity contribution in [2.24, 2.45) is 0 Å². The Morgan fingerprint density at radius 2 is 1.26 bits per heavy atom. The maximum atomic E-state index is 13.4. The third kappa shape index (κ3) is 5.41. The van der Waals surface area contributed by atoms with E-state index in [1.807, 2.05) is 48.5 Å². The van der Waals surface area contributed by atoms with Crippen molar-refractivity contribution in [3.8, 4) is 0 Å². The highest BCUT2D eigenvalue weighted by atomic mass is 32.2. The van der Waals surface area contributed by atoms with Crippen LogP contribution in [0.5, 0.6) is 0 Å². The van der Waals surface area contributed by atoms with Gasteiger partial charge in [-0.3, -0.25) is 24.1 Å². The van der Waals surface area contributed by atoms with Crippen molar-refractivity contribution in [1.82, 2.24) is 9.80 Å². The molecule has 0 saturated carbocycles. The van der Waals surface area contributed by atoms with Crippen molar-refractivity contribution in [1.29, 1.82) is 0 Å². The Kier molecular flexibility index (Phi) is 8.24.